The van der Waals surface area contributed by atoms with Crippen LogP contribution >= 0.6 is 0 Å². The molecule has 1 atom stereocenters. The van der Waals surface area contributed by atoms with Gasteiger partial charge in [-0.3, -0.25) is 9.59 Å². The third-order valence-electron chi connectivity index (χ3n) is 4.25. The minimum Gasteiger partial charge on any atom is -0.451 e. The molecule has 1 aliphatic heterocycles. The van der Waals surface area contributed by atoms with Crippen molar-refractivity contribution in [3.8, 4) is 0 Å². The number of ether oxygens (including phenoxy) is 1. The number of nitrogens with two attached hydrogens (primary N) is 1. The molecule has 0 unspecified atom stereocenters. The number of carbonyl (C=O) groups excluding carboxylic acids is 3. The fraction of sp³-hybridized carbons (Fsp3) is 0.353. The Bertz CT molecular complexity index is 750. The Kier molecular flexibility index (Phi) is 4.50. The first-order chi connectivity index (χ1) is 11.5. The fourth-order valence-electron chi connectivity index (χ4n) is 2.92. The van der Waals surface area contributed by atoms with Crippen LogP contribution in [0.3, 0.4) is 0 Å². The number of aromatic amines is 1. The molecule has 126 valence electrons. The number of fused-ring (bicyclic) bond motifs is 1. The molecule has 7 heteroatoms. The molecule has 0 saturated carbocycles. The number of nitrogens with one attached hydrogen (secondary N) is 1. The van der Waals surface area contributed by atoms with Crippen molar-refractivity contribution in [2.75, 3.05) is 19.7 Å². The zero-order valence-corrected chi connectivity index (χ0v) is 13.2. The second kappa shape index (κ2) is 6.74. The molecule has 0 bridgehead atoms. The minimum atomic E-state index is -0.581. The minimum absolute atomic E-state index is 0.290. The summed E-state index contributed by atoms with van der Waals surface area (Å²) in [5.41, 5.74) is 6.43. The van der Waals surface area contributed by atoms with Crippen molar-refractivity contribution in [1.29, 1.82) is 0 Å². The number of rotatable bonds is 4. The number of H-pyrrole nitrogens is 1. The van der Waals surface area contributed by atoms with Gasteiger partial charge in [0.1, 0.15) is 5.69 Å². The first-order valence-corrected chi connectivity index (χ1v) is 7.86. The molecule has 0 aliphatic carbocycles. The predicted octanol–water partition coefficient (Wildman–Crippen LogP) is 1.05. The number of primary amides is 1. The van der Waals surface area contributed by atoms with Crippen molar-refractivity contribution in [3.63, 3.8) is 0 Å². The number of amides is 2. The van der Waals surface area contributed by atoms with Crippen LogP contribution in [0.15, 0.2) is 30.3 Å². The second-order valence-corrected chi connectivity index (χ2v) is 5.93. The molecule has 2 aromatic rings. The monoisotopic (exact) mass is 329 g/mol. The molecular formula is C17H19N3O4. The summed E-state index contributed by atoms with van der Waals surface area (Å²) < 4.78 is 5.09. The first-order valence-electron chi connectivity index (χ1n) is 7.86. The molecule has 2 amide bonds. The van der Waals surface area contributed by atoms with E-state index in [9.17, 15) is 14.4 Å². The van der Waals surface area contributed by atoms with E-state index in [0.717, 1.165) is 17.3 Å². The topological polar surface area (TPSA) is 105 Å². The summed E-state index contributed by atoms with van der Waals surface area (Å²) in [5, 5.41) is 0.899. The standard InChI is InChI=1S/C17H19N3O4/c18-16(22)12-5-3-7-20(9-12)15(21)10-24-17(23)14-8-11-4-1-2-6-13(11)19-14/h1-2,4,6,8,12,19H,3,5,7,9-10H2,(H2,18,22)/t12-/m1/s1. The number of carbonyl (C=O) groups is 3. The van der Waals surface area contributed by atoms with Crippen LogP contribution in [0.1, 0.15) is 23.3 Å². The van der Waals surface area contributed by atoms with Gasteiger partial charge in [-0.1, -0.05) is 18.2 Å². The van der Waals surface area contributed by atoms with Crippen LogP contribution in [0.25, 0.3) is 10.9 Å². The molecule has 1 aliphatic rings. The summed E-state index contributed by atoms with van der Waals surface area (Å²) in [5.74, 6) is -1.62. The van der Waals surface area contributed by atoms with Gasteiger partial charge in [-0.2, -0.15) is 0 Å². The molecule has 2 heterocycles. The van der Waals surface area contributed by atoms with Gasteiger partial charge >= 0.3 is 5.97 Å². The Hall–Kier alpha value is -2.83. The third-order valence-corrected chi connectivity index (χ3v) is 4.25. The van der Waals surface area contributed by atoms with Crippen molar-refractivity contribution >= 4 is 28.7 Å². The van der Waals surface area contributed by atoms with E-state index in [2.05, 4.69) is 4.98 Å². The Morgan fingerprint density at radius 2 is 2.08 bits per heavy atom. The van der Waals surface area contributed by atoms with E-state index in [1.54, 1.807) is 6.07 Å². The van der Waals surface area contributed by atoms with Crippen LogP contribution < -0.4 is 5.73 Å². The first kappa shape index (κ1) is 16.0. The number of likely N-dealkylation sites (tertiary alicyclic amines) is 1. The van der Waals surface area contributed by atoms with E-state index in [-0.39, 0.29) is 25.0 Å². The van der Waals surface area contributed by atoms with Crippen molar-refractivity contribution < 1.29 is 19.1 Å². The van der Waals surface area contributed by atoms with Crippen LogP contribution in [0.5, 0.6) is 0 Å². The van der Waals surface area contributed by atoms with Crippen LogP contribution in [0.2, 0.25) is 0 Å². The highest BCUT2D eigenvalue weighted by molar-refractivity contribution is 5.95. The van der Waals surface area contributed by atoms with Crippen LogP contribution in [-0.4, -0.2) is 47.4 Å². The molecular weight excluding hydrogens is 310 g/mol. The lowest BCUT2D eigenvalue weighted by atomic mass is 9.97. The average Bonchev–Trinajstić information content (AvgIpc) is 3.03. The summed E-state index contributed by atoms with van der Waals surface area (Å²) in [6.45, 7) is 0.490. The van der Waals surface area contributed by atoms with Gasteiger partial charge in [-0.15, -0.1) is 0 Å². The van der Waals surface area contributed by atoms with Crippen molar-refractivity contribution in [2.45, 2.75) is 12.8 Å². The third kappa shape index (κ3) is 3.40. The highest BCUT2D eigenvalue weighted by atomic mass is 16.5. The summed E-state index contributed by atoms with van der Waals surface area (Å²) in [6, 6.07) is 9.16. The molecule has 3 rings (SSSR count). The molecule has 3 N–H and O–H groups in total. The number of aromatic nitrogens is 1. The Morgan fingerprint density at radius 3 is 2.83 bits per heavy atom. The summed E-state index contributed by atoms with van der Waals surface area (Å²) >= 11 is 0. The maximum absolute atomic E-state index is 12.2. The lowest BCUT2D eigenvalue weighted by Gasteiger charge is -2.30. The van der Waals surface area contributed by atoms with E-state index < -0.39 is 11.9 Å². The van der Waals surface area contributed by atoms with E-state index >= 15 is 0 Å². The molecule has 24 heavy (non-hydrogen) atoms. The van der Waals surface area contributed by atoms with Gasteiger partial charge in [-0.25, -0.2) is 4.79 Å². The van der Waals surface area contributed by atoms with Crippen molar-refractivity contribution in [1.82, 2.24) is 9.88 Å². The summed E-state index contributed by atoms with van der Waals surface area (Å²) in [6.07, 6.45) is 1.41. The fourth-order valence-corrected chi connectivity index (χ4v) is 2.92. The molecule has 0 spiro atoms. The molecule has 7 nitrogen and oxygen atoms in total. The zero-order chi connectivity index (χ0) is 17.1. The largest absolute Gasteiger partial charge is 0.451 e. The number of esters is 1. The van der Waals surface area contributed by atoms with E-state index in [1.165, 1.54) is 4.90 Å². The van der Waals surface area contributed by atoms with Crippen LogP contribution in [-0.2, 0) is 14.3 Å². The van der Waals surface area contributed by atoms with Gasteiger partial charge in [-0.05, 0) is 25.0 Å². The predicted molar refractivity (Wildman–Crippen MR) is 87.1 cm³/mol. The van der Waals surface area contributed by atoms with Crippen molar-refractivity contribution in [3.05, 3.63) is 36.0 Å². The van der Waals surface area contributed by atoms with Crippen molar-refractivity contribution in [2.24, 2.45) is 11.7 Å². The van der Waals surface area contributed by atoms with E-state index in [1.807, 2.05) is 24.3 Å². The van der Waals surface area contributed by atoms with Gasteiger partial charge in [0.05, 0.1) is 5.92 Å². The number of piperidine rings is 1. The van der Waals surface area contributed by atoms with Gasteiger partial charge in [0, 0.05) is 24.0 Å². The zero-order valence-electron chi connectivity index (χ0n) is 13.2. The Labute approximate surface area is 138 Å². The molecule has 1 aromatic carbocycles. The quantitative estimate of drug-likeness (QED) is 0.818. The maximum atomic E-state index is 12.2. The number of para-hydroxylation sites is 1. The second-order valence-electron chi connectivity index (χ2n) is 5.93. The lowest BCUT2D eigenvalue weighted by molar-refractivity contribution is -0.137. The number of benzene rings is 1. The van der Waals surface area contributed by atoms with E-state index in [4.69, 9.17) is 10.5 Å². The van der Waals surface area contributed by atoms with Gasteiger partial charge in [0.25, 0.3) is 5.91 Å². The number of nitrogens with zero attached hydrogens (tertiary/aromatic N) is 1. The Balaban J connectivity index is 1.57. The summed E-state index contributed by atoms with van der Waals surface area (Å²) in [7, 11) is 0. The number of hydrogen-bond acceptors (Lipinski definition) is 4. The normalized spacial score (nSPS) is 17.7. The highest BCUT2D eigenvalue weighted by Crippen LogP contribution is 2.17. The van der Waals surface area contributed by atoms with E-state index in [0.29, 0.717) is 18.7 Å². The maximum Gasteiger partial charge on any atom is 0.355 e. The SMILES string of the molecule is NC(=O)[C@@H]1CCCN(C(=O)COC(=O)c2cc3ccccc3[nH]2)C1. The highest BCUT2D eigenvalue weighted by Gasteiger charge is 2.27. The molecule has 1 fully saturated rings. The van der Waals surface area contributed by atoms with Gasteiger partial charge in [0.2, 0.25) is 5.91 Å². The van der Waals surface area contributed by atoms with Crippen LogP contribution in [0.4, 0.5) is 0 Å². The van der Waals surface area contributed by atoms with Gasteiger partial charge in [0.15, 0.2) is 6.61 Å². The number of hydrogen-bond donors (Lipinski definition) is 2. The smallest absolute Gasteiger partial charge is 0.355 e. The Morgan fingerprint density at radius 1 is 1.29 bits per heavy atom. The summed E-state index contributed by atoms with van der Waals surface area (Å²) in [4.78, 5) is 40.0. The average molecular weight is 329 g/mol. The van der Waals surface area contributed by atoms with Crippen LogP contribution in [0, 0.1) is 5.92 Å². The molecule has 0 radical (unpaired) electrons. The molecule has 1 aromatic heterocycles. The van der Waals surface area contributed by atoms with Gasteiger partial charge < -0.3 is 20.4 Å². The molecule has 1 saturated heterocycles. The lowest BCUT2D eigenvalue weighted by Crippen LogP contribution is -2.45.